The van der Waals surface area contributed by atoms with E-state index in [9.17, 15) is 9.59 Å². The molecule has 2 heterocycles. The number of amides is 3. The number of rotatable bonds is 4. The van der Waals surface area contributed by atoms with E-state index in [-0.39, 0.29) is 11.9 Å². The molecule has 2 fully saturated rings. The van der Waals surface area contributed by atoms with Crippen LogP contribution in [0.5, 0.6) is 0 Å². The second-order valence-electron chi connectivity index (χ2n) is 7.17. The molecule has 0 aromatic heterocycles. The van der Waals surface area contributed by atoms with Crippen LogP contribution in [0.4, 0.5) is 4.79 Å². The molecule has 1 aromatic carbocycles. The summed E-state index contributed by atoms with van der Waals surface area (Å²) in [6.45, 7) is 11.9. The van der Waals surface area contributed by atoms with Crippen molar-refractivity contribution in [3.05, 3.63) is 35.4 Å². The van der Waals surface area contributed by atoms with Gasteiger partial charge in [0.15, 0.2) is 0 Å². The van der Waals surface area contributed by atoms with Crippen molar-refractivity contribution in [3.8, 4) is 0 Å². The summed E-state index contributed by atoms with van der Waals surface area (Å²) in [5.41, 5.74) is 2.52. The highest BCUT2D eigenvalue weighted by molar-refractivity contribution is 5.96. The highest BCUT2D eigenvalue weighted by Crippen LogP contribution is 2.29. The minimum atomic E-state index is -0.281. The molecular weight excluding hydrogens is 326 g/mol. The van der Waals surface area contributed by atoms with E-state index in [1.54, 1.807) is 4.90 Å². The normalized spacial score (nSPS) is 19.2. The first kappa shape index (κ1) is 20.4. The first-order chi connectivity index (χ1) is 12.5. The Hall–Kier alpha value is -1.88. The van der Waals surface area contributed by atoms with Crippen LogP contribution in [0.3, 0.4) is 0 Å². The van der Waals surface area contributed by atoms with E-state index < -0.39 is 0 Å². The molecule has 1 N–H and O–H groups in total. The van der Waals surface area contributed by atoms with Crippen molar-refractivity contribution in [3.63, 3.8) is 0 Å². The van der Waals surface area contributed by atoms with Gasteiger partial charge in [-0.15, -0.1) is 0 Å². The van der Waals surface area contributed by atoms with Crippen LogP contribution in [0.2, 0.25) is 0 Å². The number of carbonyl (C=O) groups is 2. The van der Waals surface area contributed by atoms with E-state index in [1.165, 1.54) is 31.5 Å². The average Bonchev–Trinajstić information content (AvgIpc) is 2.66. The van der Waals surface area contributed by atoms with Gasteiger partial charge < -0.3 is 9.80 Å². The van der Waals surface area contributed by atoms with E-state index in [4.69, 9.17) is 0 Å². The number of hydrogen-bond donors (Lipinski definition) is 1. The number of likely N-dealkylation sites (tertiary alicyclic amines) is 1. The number of hydrogen-bond acceptors (Lipinski definition) is 3. The van der Waals surface area contributed by atoms with Crippen LogP contribution in [0, 0.1) is 0 Å². The standard InChI is InChI=1S/C19H27N3O2.C2H6/c1-14(2)21-10-7-17(8-11-21)16-5-3-15(4-6-16)13-22-12-9-18(23)20-19(22)24;1-2/h3-6,14,17H,7-13H2,1-2H3,(H,20,23,24);1-2H3. The van der Waals surface area contributed by atoms with Gasteiger partial charge >= 0.3 is 6.03 Å². The summed E-state index contributed by atoms with van der Waals surface area (Å²) in [6.07, 6.45) is 2.82. The minimum absolute atomic E-state index is 0.181. The Bertz CT molecular complexity index is 590. The van der Waals surface area contributed by atoms with Crippen molar-refractivity contribution in [2.75, 3.05) is 19.6 Å². The van der Waals surface area contributed by atoms with E-state index in [0.29, 0.717) is 31.5 Å². The number of imide groups is 1. The van der Waals surface area contributed by atoms with Crippen LogP contribution in [-0.2, 0) is 11.3 Å². The Kier molecular flexibility index (Phi) is 7.64. The monoisotopic (exact) mass is 359 g/mol. The molecule has 0 bridgehead atoms. The van der Waals surface area contributed by atoms with Crippen molar-refractivity contribution < 1.29 is 9.59 Å². The topological polar surface area (TPSA) is 52.6 Å². The van der Waals surface area contributed by atoms with Crippen molar-refractivity contribution in [2.45, 2.75) is 65.5 Å². The summed E-state index contributed by atoms with van der Waals surface area (Å²) in [5, 5.41) is 2.37. The van der Waals surface area contributed by atoms with Crippen LogP contribution in [-0.4, -0.2) is 47.4 Å². The summed E-state index contributed by atoms with van der Waals surface area (Å²) in [7, 11) is 0. The van der Waals surface area contributed by atoms with Crippen molar-refractivity contribution in [2.24, 2.45) is 0 Å². The lowest BCUT2D eigenvalue weighted by atomic mass is 9.88. The Balaban J connectivity index is 0.00000117. The molecule has 0 spiro atoms. The van der Waals surface area contributed by atoms with Crippen molar-refractivity contribution in [1.82, 2.24) is 15.1 Å². The average molecular weight is 360 g/mol. The Labute approximate surface area is 157 Å². The van der Waals surface area contributed by atoms with Crippen LogP contribution >= 0.6 is 0 Å². The number of nitrogens with one attached hydrogen (secondary N) is 1. The van der Waals surface area contributed by atoms with Crippen molar-refractivity contribution >= 4 is 11.9 Å². The lowest BCUT2D eigenvalue weighted by Crippen LogP contribution is -2.48. The Morgan fingerprint density at radius 1 is 1.04 bits per heavy atom. The fourth-order valence-corrected chi connectivity index (χ4v) is 3.61. The maximum atomic E-state index is 11.8. The van der Waals surface area contributed by atoms with Gasteiger partial charge in [0, 0.05) is 25.6 Å². The number of benzene rings is 1. The van der Waals surface area contributed by atoms with Gasteiger partial charge in [-0.2, -0.15) is 0 Å². The van der Waals surface area contributed by atoms with Crippen molar-refractivity contribution in [1.29, 1.82) is 0 Å². The Morgan fingerprint density at radius 2 is 1.65 bits per heavy atom. The van der Waals surface area contributed by atoms with Gasteiger partial charge in [-0.05, 0) is 56.8 Å². The third-order valence-electron chi connectivity index (χ3n) is 5.23. The van der Waals surface area contributed by atoms with Gasteiger partial charge in [0.2, 0.25) is 5.91 Å². The zero-order valence-corrected chi connectivity index (χ0v) is 16.6. The van der Waals surface area contributed by atoms with Gasteiger partial charge in [0.25, 0.3) is 0 Å². The molecule has 26 heavy (non-hydrogen) atoms. The fourth-order valence-electron chi connectivity index (χ4n) is 3.61. The van der Waals surface area contributed by atoms with Gasteiger partial charge in [-0.25, -0.2) is 4.79 Å². The number of nitrogens with zero attached hydrogens (tertiary/aromatic N) is 2. The van der Waals surface area contributed by atoms with Crippen LogP contribution in [0.15, 0.2) is 24.3 Å². The first-order valence-electron chi connectivity index (χ1n) is 9.94. The molecular formula is C21H33N3O2. The molecule has 0 unspecified atom stereocenters. The molecule has 5 heteroatoms. The number of piperidine rings is 1. The molecule has 5 nitrogen and oxygen atoms in total. The lowest BCUT2D eigenvalue weighted by Gasteiger charge is -2.34. The van der Waals surface area contributed by atoms with Gasteiger partial charge in [0.1, 0.15) is 0 Å². The number of urea groups is 1. The molecule has 0 atom stereocenters. The largest absolute Gasteiger partial charge is 0.324 e. The summed E-state index contributed by atoms with van der Waals surface area (Å²) in [5.74, 6) is 0.462. The summed E-state index contributed by atoms with van der Waals surface area (Å²) in [6, 6.07) is 9.00. The minimum Gasteiger partial charge on any atom is -0.320 e. The molecule has 0 radical (unpaired) electrons. The molecule has 0 aliphatic carbocycles. The zero-order valence-electron chi connectivity index (χ0n) is 16.6. The highest BCUT2D eigenvalue weighted by atomic mass is 16.2. The molecule has 3 rings (SSSR count). The second kappa shape index (κ2) is 9.72. The van der Waals surface area contributed by atoms with E-state index in [2.05, 4.69) is 48.3 Å². The molecule has 0 saturated carbocycles. The predicted octanol–water partition coefficient (Wildman–Crippen LogP) is 3.74. The predicted molar refractivity (Wildman–Crippen MR) is 105 cm³/mol. The third-order valence-corrected chi connectivity index (χ3v) is 5.23. The molecule has 144 valence electrons. The summed E-state index contributed by atoms with van der Waals surface area (Å²) in [4.78, 5) is 27.2. The van der Waals surface area contributed by atoms with Crippen LogP contribution < -0.4 is 5.32 Å². The van der Waals surface area contributed by atoms with E-state index >= 15 is 0 Å². The maximum absolute atomic E-state index is 11.8. The summed E-state index contributed by atoms with van der Waals surface area (Å²) >= 11 is 0. The maximum Gasteiger partial charge on any atom is 0.324 e. The fraction of sp³-hybridized carbons (Fsp3) is 0.619. The van der Waals surface area contributed by atoms with Gasteiger partial charge in [-0.3, -0.25) is 10.1 Å². The quantitative estimate of drug-likeness (QED) is 0.891. The van der Waals surface area contributed by atoms with E-state index in [0.717, 1.165) is 5.56 Å². The second-order valence-corrected chi connectivity index (χ2v) is 7.17. The van der Waals surface area contributed by atoms with Crippen LogP contribution in [0.1, 0.15) is 64.0 Å². The lowest BCUT2D eigenvalue weighted by molar-refractivity contribution is -0.121. The molecule has 2 saturated heterocycles. The first-order valence-corrected chi connectivity index (χ1v) is 9.94. The third kappa shape index (κ3) is 5.31. The smallest absolute Gasteiger partial charge is 0.320 e. The summed E-state index contributed by atoms with van der Waals surface area (Å²) < 4.78 is 0. The molecule has 3 amide bonds. The molecule has 1 aromatic rings. The van der Waals surface area contributed by atoms with E-state index in [1.807, 2.05) is 13.8 Å². The zero-order chi connectivity index (χ0) is 19.1. The van der Waals surface area contributed by atoms with Gasteiger partial charge in [-0.1, -0.05) is 38.1 Å². The number of carbonyl (C=O) groups excluding carboxylic acids is 2. The van der Waals surface area contributed by atoms with Gasteiger partial charge in [0.05, 0.1) is 0 Å². The SMILES string of the molecule is CC.CC(C)N1CCC(c2ccc(CN3CCC(=O)NC3=O)cc2)CC1. The molecule has 2 aliphatic rings. The van der Waals surface area contributed by atoms with Crippen LogP contribution in [0.25, 0.3) is 0 Å². The Morgan fingerprint density at radius 3 is 2.19 bits per heavy atom. The molecule has 2 aliphatic heterocycles. The highest BCUT2D eigenvalue weighted by Gasteiger charge is 2.24.